The lowest BCUT2D eigenvalue weighted by Gasteiger charge is -2.06. The lowest BCUT2D eigenvalue weighted by Crippen LogP contribution is -2.08. The summed E-state index contributed by atoms with van der Waals surface area (Å²) in [7, 11) is 0. The Morgan fingerprint density at radius 3 is 2.67 bits per heavy atom. The summed E-state index contributed by atoms with van der Waals surface area (Å²) in [6, 6.07) is 9.96. The Kier molecular flexibility index (Phi) is 3.48. The van der Waals surface area contributed by atoms with Gasteiger partial charge in [-0.1, -0.05) is 30.3 Å². The van der Waals surface area contributed by atoms with Gasteiger partial charge in [0.1, 0.15) is 0 Å². The molecule has 0 bridgehead atoms. The first-order valence-corrected chi connectivity index (χ1v) is 3.99. The van der Waals surface area contributed by atoms with Crippen molar-refractivity contribution in [1.29, 1.82) is 5.41 Å². The molecule has 2 nitrogen and oxygen atoms in total. The smallest absolute Gasteiger partial charge is 0.0895 e. The molecule has 0 heterocycles. The number of hydrogen-bond donors (Lipinski definition) is 1. The molecule has 0 aliphatic heterocycles. The largest absolute Gasteiger partial charge is 0.368 e. The Morgan fingerprint density at radius 2 is 2.08 bits per heavy atom. The van der Waals surface area contributed by atoms with E-state index in [1.165, 1.54) is 6.21 Å². The van der Waals surface area contributed by atoms with Gasteiger partial charge in [-0.25, -0.2) is 0 Å². The van der Waals surface area contributed by atoms with Crippen LogP contribution in [0.3, 0.4) is 0 Å². The Balaban J connectivity index is 2.38. The van der Waals surface area contributed by atoms with Crippen LogP contribution in [0.1, 0.15) is 12.5 Å². The van der Waals surface area contributed by atoms with Gasteiger partial charge in [-0.15, -0.1) is 0 Å². The van der Waals surface area contributed by atoms with E-state index in [0.29, 0.717) is 6.61 Å². The highest BCUT2D eigenvalue weighted by Gasteiger charge is 1.96. The van der Waals surface area contributed by atoms with Gasteiger partial charge in [0.25, 0.3) is 0 Å². The Hall–Kier alpha value is -1.15. The van der Waals surface area contributed by atoms with Crippen molar-refractivity contribution >= 4 is 6.21 Å². The SMILES string of the molecule is CC(C=N)OCc1ccccc1. The van der Waals surface area contributed by atoms with Crippen molar-refractivity contribution in [1.82, 2.24) is 0 Å². The maximum atomic E-state index is 6.92. The molecular formula is C10H13NO. The van der Waals surface area contributed by atoms with Crippen molar-refractivity contribution in [3.05, 3.63) is 35.9 Å². The Labute approximate surface area is 72.7 Å². The molecule has 0 amide bonds. The fourth-order valence-electron chi connectivity index (χ4n) is 0.850. The van der Waals surface area contributed by atoms with Gasteiger partial charge in [0.15, 0.2) is 0 Å². The van der Waals surface area contributed by atoms with Crippen molar-refractivity contribution in [2.75, 3.05) is 0 Å². The van der Waals surface area contributed by atoms with Crippen LogP contribution in [-0.4, -0.2) is 12.3 Å². The number of nitrogens with one attached hydrogen (secondary N) is 1. The molecule has 0 saturated carbocycles. The molecule has 0 saturated heterocycles. The van der Waals surface area contributed by atoms with Gasteiger partial charge < -0.3 is 10.1 Å². The number of hydrogen-bond acceptors (Lipinski definition) is 2. The van der Waals surface area contributed by atoms with Gasteiger partial charge in [-0.2, -0.15) is 0 Å². The molecular weight excluding hydrogens is 150 g/mol. The van der Waals surface area contributed by atoms with Crippen molar-refractivity contribution in [3.8, 4) is 0 Å². The van der Waals surface area contributed by atoms with Crippen LogP contribution < -0.4 is 0 Å². The Morgan fingerprint density at radius 1 is 1.42 bits per heavy atom. The summed E-state index contributed by atoms with van der Waals surface area (Å²) in [5.41, 5.74) is 1.14. The van der Waals surface area contributed by atoms with E-state index in [4.69, 9.17) is 10.1 Å². The summed E-state index contributed by atoms with van der Waals surface area (Å²) in [5.74, 6) is 0. The fourth-order valence-corrected chi connectivity index (χ4v) is 0.850. The van der Waals surface area contributed by atoms with Crippen molar-refractivity contribution in [3.63, 3.8) is 0 Å². The molecule has 0 aliphatic carbocycles. The minimum absolute atomic E-state index is 0.0924. The molecule has 0 fully saturated rings. The standard InChI is InChI=1S/C10H13NO/c1-9(7-11)12-8-10-5-3-2-4-6-10/h2-7,9,11H,8H2,1H3. The second kappa shape index (κ2) is 4.67. The molecule has 1 atom stereocenters. The van der Waals surface area contributed by atoms with Crippen molar-refractivity contribution in [2.24, 2.45) is 0 Å². The van der Waals surface area contributed by atoms with Crippen LogP contribution in [-0.2, 0) is 11.3 Å². The topological polar surface area (TPSA) is 33.1 Å². The molecule has 1 N–H and O–H groups in total. The molecule has 0 radical (unpaired) electrons. The van der Waals surface area contributed by atoms with Crippen LogP contribution in [0.25, 0.3) is 0 Å². The van der Waals surface area contributed by atoms with Gasteiger partial charge in [0.2, 0.25) is 0 Å². The van der Waals surface area contributed by atoms with E-state index in [-0.39, 0.29) is 6.10 Å². The third kappa shape index (κ3) is 2.84. The van der Waals surface area contributed by atoms with Gasteiger partial charge in [-0.05, 0) is 12.5 Å². The highest BCUT2D eigenvalue weighted by atomic mass is 16.5. The molecule has 64 valence electrons. The molecule has 2 heteroatoms. The first-order chi connectivity index (χ1) is 5.83. The molecule has 0 spiro atoms. The monoisotopic (exact) mass is 163 g/mol. The van der Waals surface area contributed by atoms with Crippen LogP contribution in [0.15, 0.2) is 30.3 Å². The predicted molar refractivity (Wildman–Crippen MR) is 49.5 cm³/mol. The van der Waals surface area contributed by atoms with E-state index in [1.807, 2.05) is 37.3 Å². The second-order valence-corrected chi connectivity index (χ2v) is 2.67. The quantitative estimate of drug-likeness (QED) is 0.678. The zero-order chi connectivity index (χ0) is 8.81. The van der Waals surface area contributed by atoms with Crippen molar-refractivity contribution in [2.45, 2.75) is 19.6 Å². The van der Waals surface area contributed by atoms with Crippen LogP contribution >= 0.6 is 0 Å². The highest BCUT2D eigenvalue weighted by molar-refractivity contribution is 5.58. The third-order valence-corrected chi connectivity index (χ3v) is 1.59. The zero-order valence-electron chi connectivity index (χ0n) is 7.16. The average Bonchev–Trinajstić information content (AvgIpc) is 2.16. The van der Waals surface area contributed by atoms with Gasteiger partial charge in [0.05, 0.1) is 12.7 Å². The van der Waals surface area contributed by atoms with Gasteiger partial charge >= 0.3 is 0 Å². The molecule has 1 rings (SSSR count). The summed E-state index contributed by atoms with van der Waals surface area (Å²) < 4.78 is 5.33. The minimum Gasteiger partial charge on any atom is -0.368 e. The number of benzene rings is 1. The van der Waals surface area contributed by atoms with E-state index < -0.39 is 0 Å². The molecule has 12 heavy (non-hydrogen) atoms. The average molecular weight is 163 g/mol. The first kappa shape index (κ1) is 8.94. The summed E-state index contributed by atoms with van der Waals surface area (Å²) in [6.45, 7) is 2.44. The normalized spacial score (nSPS) is 12.4. The molecule has 1 unspecified atom stereocenters. The summed E-state index contributed by atoms with van der Waals surface area (Å²) >= 11 is 0. The third-order valence-electron chi connectivity index (χ3n) is 1.59. The van der Waals surface area contributed by atoms with Crippen LogP contribution in [0, 0.1) is 5.41 Å². The maximum absolute atomic E-state index is 6.92. The summed E-state index contributed by atoms with van der Waals surface area (Å²) in [6.07, 6.45) is 1.20. The molecule has 0 aromatic heterocycles. The van der Waals surface area contributed by atoms with Gasteiger partial charge in [0, 0.05) is 6.21 Å². The maximum Gasteiger partial charge on any atom is 0.0895 e. The predicted octanol–water partition coefficient (Wildman–Crippen LogP) is 2.24. The number of rotatable bonds is 4. The van der Waals surface area contributed by atoms with Crippen LogP contribution in [0.5, 0.6) is 0 Å². The number of ether oxygens (including phenoxy) is 1. The van der Waals surface area contributed by atoms with E-state index in [2.05, 4.69) is 0 Å². The lowest BCUT2D eigenvalue weighted by atomic mass is 10.2. The fraction of sp³-hybridized carbons (Fsp3) is 0.300. The lowest BCUT2D eigenvalue weighted by molar-refractivity contribution is 0.0987. The summed E-state index contributed by atoms with van der Waals surface area (Å²) in [5, 5.41) is 6.92. The Bertz CT molecular complexity index is 233. The van der Waals surface area contributed by atoms with E-state index in [9.17, 15) is 0 Å². The first-order valence-electron chi connectivity index (χ1n) is 3.99. The van der Waals surface area contributed by atoms with Crippen LogP contribution in [0.2, 0.25) is 0 Å². The second-order valence-electron chi connectivity index (χ2n) is 2.67. The van der Waals surface area contributed by atoms with E-state index in [0.717, 1.165) is 5.56 Å². The molecule has 1 aromatic carbocycles. The summed E-state index contributed by atoms with van der Waals surface area (Å²) in [4.78, 5) is 0. The van der Waals surface area contributed by atoms with E-state index >= 15 is 0 Å². The zero-order valence-corrected chi connectivity index (χ0v) is 7.16. The van der Waals surface area contributed by atoms with Gasteiger partial charge in [-0.3, -0.25) is 0 Å². The minimum atomic E-state index is -0.0924. The van der Waals surface area contributed by atoms with E-state index in [1.54, 1.807) is 0 Å². The highest BCUT2D eigenvalue weighted by Crippen LogP contribution is 2.01. The van der Waals surface area contributed by atoms with Crippen molar-refractivity contribution < 1.29 is 4.74 Å². The molecule has 0 aliphatic rings. The van der Waals surface area contributed by atoms with Crippen LogP contribution in [0.4, 0.5) is 0 Å². The molecule has 1 aromatic rings.